The van der Waals surface area contributed by atoms with Crippen molar-refractivity contribution in [2.45, 2.75) is 32.1 Å². The molecule has 7 heteroatoms. The average Bonchev–Trinajstić information content (AvgIpc) is 2.91. The second-order valence-electron chi connectivity index (χ2n) is 4.80. The summed E-state index contributed by atoms with van der Waals surface area (Å²) in [6.07, 6.45) is 2.47. The lowest BCUT2D eigenvalue weighted by molar-refractivity contribution is -0.0380. The Morgan fingerprint density at radius 1 is 1.48 bits per heavy atom. The lowest BCUT2D eigenvalue weighted by Gasteiger charge is -2.15. The number of aliphatic hydroxyl groups is 1. The summed E-state index contributed by atoms with van der Waals surface area (Å²) in [5.74, 6) is 5.14. The van der Waals surface area contributed by atoms with Crippen LogP contribution in [0.15, 0.2) is 15.8 Å². The molecule has 0 aliphatic carbocycles. The highest BCUT2D eigenvalue weighted by Crippen LogP contribution is 2.27. The van der Waals surface area contributed by atoms with Crippen molar-refractivity contribution in [3.05, 3.63) is 32.6 Å². The highest BCUT2D eigenvalue weighted by molar-refractivity contribution is 5.01. The van der Waals surface area contributed by atoms with Crippen LogP contribution in [0.3, 0.4) is 0 Å². The summed E-state index contributed by atoms with van der Waals surface area (Å²) < 4.78 is 12.5. The molecule has 2 N–H and O–H groups in total. The first kappa shape index (κ1) is 15.5. The Hall–Kier alpha value is -1.88. The maximum Gasteiger partial charge on any atom is 0.330 e. The molecule has 0 bridgehead atoms. The largest absolute Gasteiger partial charge is 0.384 e. The molecular formula is C14H18N2O5. The molecule has 0 saturated carbocycles. The summed E-state index contributed by atoms with van der Waals surface area (Å²) in [5, 5.41) is 8.49. The first-order valence-corrected chi connectivity index (χ1v) is 6.73. The number of H-pyrrole nitrogens is 1. The third-order valence-corrected chi connectivity index (χ3v) is 3.22. The number of hydrogen-bond acceptors (Lipinski definition) is 5. The maximum absolute atomic E-state index is 11.8. The van der Waals surface area contributed by atoms with Gasteiger partial charge in [-0.1, -0.05) is 11.8 Å². The van der Waals surface area contributed by atoms with Gasteiger partial charge in [0.1, 0.15) is 19.4 Å². The van der Waals surface area contributed by atoms with Gasteiger partial charge in [-0.3, -0.25) is 14.3 Å². The van der Waals surface area contributed by atoms with Gasteiger partial charge in [0, 0.05) is 11.8 Å². The number of nitrogens with one attached hydrogen (secondary N) is 1. The van der Waals surface area contributed by atoms with Gasteiger partial charge in [-0.2, -0.15) is 0 Å². The molecule has 0 spiro atoms. The minimum atomic E-state index is -0.467. The first-order valence-electron chi connectivity index (χ1n) is 6.73. The number of hydrogen-bond donors (Lipinski definition) is 2. The summed E-state index contributed by atoms with van der Waals surface area (Å²) in [6, 6.07) is 0. The van der Waals surface area contributed by atoms with Gasteiger partial charge in [0.2, 0.25) is 0 Å². The van der Waals surface area contributed by atoms with Crippen molar-refractivity contribution in [3.63, 3.8) is 0 Å². The SMILES string of the molecule is Cc1cn([C@H]2CC[C@@H](COCC#CCO)O2)c(=O)[nH]c1=O. The number of nitrogens with zero attached hydrogens (tertiary/aromatic N) is 1. The number of aryl methyl sites for hydroxylation is 1. The van der Waals surface area contributed by atoms with E-state index in [1.54, 1.807) is 6.92 Å². The Labute approximate surface area is 121 Å². The predicted octanol–water partition coefficient (Wildman–Crippen LogP) is -0.465. The normalized spacial score (nSPS) is 21.0. The number of ether oxygens (including phenoxy) is 2. The quantitative estimate of drug-likeness (QED) is 0.579. The van der Waals surface area contributed by atoms with E-state index in [0.717, 1.165) is 6.42 Å². The molecule has 114 valence electrons. The molecule has 7 nitrogen and oxygen atoms in total. The molecule has 2 rings (SSSR count). The number of aliphatic hydroxyl groups excluding tert-OH is 1. The Kier molecular flexibility index (Phi) is 5.33. The van der Waals surface area contributed by atoms with Crippen LogP contribution in [0.2, 0.25) is 0 Å². The molecule has 0 aromatic carbocycles. The van der Waals surface area contributed by atoms with Gasteiger partial charge in [-0.15, -0.1) is 0 Å². The maximum atomic E-state index is 11.8. The molecular weight excluding hydrogens is 276 g/mol. The zero-order valence-corrected chi connectivity index (χ0v) is 11.8. The molecule has 0 amide bonds. The highest BCUT2D eigenvalue weighted by Gasteiger charge is 2.27. The van der Waals surface area contributed by atoms with Crippen molar-refractivity contribution >= 4 is 0 Å². The lowest BCUT2D eigenvalue weighted by atomic mass is 10.2. The average molecular weight is 294 g/mol. The molecule has 1 aliphatic rings. The van der Waals surface area contributed by atoms with Crippen molar-refractivity contribution in [2.75, 3.05) is 19.8 Å². The molecule has 1 aliphatic heterocycles. The van der Waals surface area contributed by atoms with E-state index in [1.807, 2.05) is 0 Å². The van der Waals surface area contributed by atoms with E-state index in [0.29, 0.717) is 18.6 Å². The predicted molar refractivity (Wildman–Crippen MR) is 74.9 cm³/mol. The first-order chi connectivity index (χ1) is 10.1. The molecule has 2 atom stereocenters. The summed E-state index contributed by atoms with van der Waals surface area (Å²) in [6.45, 7) is 2.08. The topological polar surface area (TPSA) is 93.6 Å². The minimum absolute atomic E-state index is 0.106. The van der Waals surface area contributed by atoms with E-state index in [-0.39, 0.29) is 31.1 Å². The Balaban J connectivity index is 1.92. The van der Waals surface area contributed by atoms with Gasteiger partial charge in [0.15, 0.2) is 0 Å². The monoisotopic (exact) mass is 294 g/mol. The van der Waals surface area contributed by atoms with Crippen LogP contribution in [0.4, 0.5) is 0 Å². The molecule has 1 saturated heterocycles. The van der Waals surface area contributed by atoms with Crippen LogP contribution in [-0.4, -0.2) is 40.6 Å². The lowest BCUT2D eigenvalue weighted by Crippen LogP contribution is -2.33. The summed E-state index contributed by atoms with van der Waals surface area (Å²) in [5.41, 5.74) is -0.375. The number of aromatic nitrogens is 2. The molecule has 1 fully saturated rings. The number of rotatable bonds is 4. The molecule has 1 aromatic rings. The zero-order chi connectivity index (χ0) is 15.2. The molecule has 1 aromatic heterocycles. The summed E-state index contributed by atoms with van der Waals surface area (Å²) >= 11 is 0. The molecule has 0 radical (unpaired) electrons. The third-order valence-electron chi connectivity index (χ3n) is 3.22. The fraction of sp³-hybridized carbons (Fsp3) is 0.571. The van der Waals surface area contributed by atoms with E-state index in [9.17, 15) is 9.59 Å². The standard InChI is InChI=1S/C14H18N2O5/c1-10-8-16(14(19)15-13(10)18)12-5-4-11(21-12)9-20-7-3-2-6-17/h8,11-12,17H,4-7,9H2,1H3,(H,15,18,19)/t11-,12+/m0/s1. The van der Waals surface area contributed by atoms with Gasteiger partial charge in [0.25, 0.3) is 5.56 Å². The smallest absolute Gasteiger partial charge is 0.330 e. The van der Waals surface area contributed by atoms with Crippen LogP contribution in [0.25, 0.3) is 0 Å². The van der Waals surface area contributed by atoms with Crippen LogP contribution < -0.4 is 11.2 Å². The van der Waals surface area contributed by atoms with Gasteiger partial charge in [-0.25, -0.2) is 4.79 Å². The highest BCUT2D eigenvalue weighted by atomic mass is 16.5. The second kappa shape index (κ2) is 7.22. The summed E-state index contributed by atoms with van der Waals surface area (Å²) in [4.78, 5) is 25.4. The van der Waals surface area contributed by atoms with Crippen LogP contribution in [-0.2, 0) is 9.47 Å². The van der Waals surface area contributed by atoms with Crippen LogP contribution in [0.5, 0.6) is 0 Å². The fourth-order valence-electron chi connectivity index (χ4n) is 2.16. The summed E-state index contributed by atoms with van der Waals surface area (Å²) in [7, 11) is 0. The van der Waals surface area contributed by atoms with Gasteiger partial charge in [0.05, 0.1) is 12.7 Å². The second-order valence-corrected chi connectivity index (χ2v) is 4.80. The van der Waals surface area contributed by atoms with Crippen molar-refractivity contribution in [1.29, 1.82) is 0 Å². The molecule has 0 unspecified atom stereocenters. The van der Waals surface area contributed by atoms with E-state index in [4.69, 9.17) is 14.6 Å². The van der Waals surface area contributed by atoms with Gasteiger partial charge in [-0.05, 0) is 19.8 Å². The van der Waals surface area contributed by atoms with Crippen molar-refractivity contribution in [3.8, 4) is 11.8 Å². The van der Waals surface area contributed by atoms with Crippen molar-refractivity contribution < 1.29 is 14.6 Å². The van der Waals surface area contributed by atoms with E-state index in [2.05, 4.69) is 16.8 Å². The van der Waals surface area contributed by atoms with Gasteiger partial charge >= 0.3 is 5.69 Å². The third kappa shape index (κ3) is 4.04. The molecule has 21 heavy (non-hydrogen) atoms. The van der Waals surface area contributed by atoms with Gasteiger partial charge < -0.3 is 14.6 Å². The Morgan fingerprint density at radius 3 is 3.05 bits per heavy atom. The van der Waals surface area contributed by atoms with Crippen molar-refractivity contribution in [1.82, 2.24) is 9.55 Å². The Bertz CT molecular complexity index is 652. The zero-order valence-electron chi connectivity index (χ0n) is 11.8. The van der Waals surface area contributed by atoms with E-state index < -0.39 is 5.69 Å². The molecule has 2 heterocycles. The fourth-order valence-corrected chi connectivity index (χ4v) is 2.16. The van der Waals surface area contributed by atoms with Crippen LogP contribution >= 0.6 is 0 Å². The van der Waals surface area contributed by atoms with Crippen LogP contribution in [0, 0.1) is 18.8 Å². The minimum Gasteiger partial charge on any atom is -0.384 e. The van der Waals surface area contributed by atoms with Crippen LogP contribution in [0.1, 0.15) is 24.6 Å². The van der Waals surface area contributed by atoms with Crippen molar-refractivity contribution in [2.24, 2.45) is 0 Å². The van der Waals surface area contributed by atoms with E-state index in [1.165, 1.54) is 10.8 Å². The number of aromatic amines is 1. The van der Waals surface area contributed by atoms with E-state index >= 15 is 0 Å². The Morgan fingerprint density at radius 2 is 2.29 bits per heavy atom.